The van der Waals surface area contributed by atoms with Crippen molar-refractivity contribution in [3.05, 3.63) is 0 Å². The van der Waals surface area contributed by atoms with Crippen LogP contribution in [0.4, 0.5) is 26.3 Å². The van der Waals surface area contributed by atoms with Crippen molar-refractivity contribution in [3.63, 3.8) is 0 Å². The van der Waals surface area contributed by atoms with Gasteiger partial charge in [0.15, 0.2) is 24.7 Å². The van der Waals surface area contributed by atoms with E-state index in [9.17, 15) is 34.8 Å². The smallest absolute Gasteiger partial charge is 1.00 e. The summed E-state index contributed by atoms with van der Waals surface area (Å²) in [5, 5.41) is 0. The van der Waals surface area contributed by atoms with Crippen LogP contribution in [-0.2, 0) is 10.1 Å². The third kappa shape index (κ3) is 7.18. The Morgan fingerprint density at radius 2 is 1.35 bits per heavy atom. The quantitative estimate of drug-likeness (QED) is 0.371. The van der Waals surface area contributed by atoms with Gasteiger partial charge < -0.3 is 1.43 Å². The molecule has 0 spiro atoms. The minimum atomic E-state index is -4.94. The van der Waals surface area contributed by atoms with Crippen LogP contribution in [0.1, 0.15) is 1.43 Å². The summed E-state index contributed by atoms with van der Waals surface area (Å²) in [5.41, 5.74) is 0. The molecule has 11 heteroatoms. The molecule has 0 rings (SSSR count). The van der Waals surface area contributed by atoms with Gasteiger partial charge in [-0.3, -0.25) is 4.55 Å². The molecule has 4 atom stereocenters. The van der Waals surface area contributed by atoms with Gasteiger partial charge in [0.2, 0.25) is 0 Å². The van der Waals surface area contributed by atoms with Crippen molar-refractivity contribution in [1.29, 1.82) is 0 Å². The van der Waals surface area contributed by atoms with Crippen LogP contribution in [0.15, 0.2) is 0 Å². The summed E-state index contributed by atoms with van der Waals surface area (Å²) in [7, 11) is -4.94. The van der Waals surface area contributed by atoms with E-state index in [2.05, 4.69) is 0 Å². The van der Waals surface area contributed by atoms with E-state index < -0.39 is 47.0 Å². The van der Waals surface area contributed by atoms with Crippen molar-refractivity contribution in [2.24, 2.45) is 0 Å². The summed E-state index contributed by atoms with van der Waals surface area (Å²) in [6.07, 6.45) is -17.4. The monoisotopic (exact) mass is 282 g/mol. The summed E-state index contributed by atoms with van der Waals surface area (Å²) in [4.78, 5) is 0. The fourth-order valence-corrected chi connectivity index (χ4v) is 1.39. The van der Waals surface area contributed by atoms with E-state index in [0.29, 0.717) is 0 Å². The molecular formula is C6H9F6LiO3S. The molecule has 0 saturated heterocycles. The first-order valence-corrected chi connectivity index (χ1v) is 5.46. The zero-order chi connectivity index (χ0) is 13.1. The van der Waals surface area contributed by atoms with Crippen molar-refractivity contribution < 1.29 is 59.6 Å². The maximum atomic E-state index is 12.6. The molecule has 0 aromatic rings. The van der Waals surface area contributed by atoms with Gasteiger partial charge in [-0.2, -0.15) is 8.42 Å². The number of alkyl halides is 6. The van der Waals surface area contributed by atoms with Gasteiger partial charge in [-0.05, 0) is 0 Å². The Balaban J connectivity index is -0.00000112. The van der Waals surface area contributed by atoms with Gasteiger partial charge in [0.1, 0.15) is 5.75 Å². The minimum absolute atomic E-state index is 0. The maximum absolute atomic E-state index is 12.6. The Hall–Kier alpha value is 0.0874. The number of hydrogen-bond acceptors (Lipinski definition) is 2. The minimum Gasteiger partial charge on any atom is -1.00 e. The molecule has 0 saturated carbocycles. The standard InChI is InChI=1S/C6H8F6O3S.Li.H/c7-2(1-16(13,14)15)3(8)4(9)5(10)6(11)12;;/h2-6H,1H2,(H,13,14,15);;/q;+1;-1. The maximum Gasteiger partial charge on any atom is 1.00 e. The van der Waals surface area contributed by atoms with Crippen molar-refractivity contribution in [2.75, 3.05) is 5.75 Å². The average Bonchev–Trinajstić information content (AvgIpc) is 2.11. The Labute approximate surface area is 107 Å². The van der Waals surface area contributed by atoms with Gasteiger partial charge in [-0.25, -0.2) is 26.3 Å². The molecule has 0 bridgehead atoms. The van der Waals surface area contributed by atoms with Crippen LogP contribution in [0.3, 0.4) is 0 Å². The molecule has 1 N–H and O–H groups in total. The molecule has 4 unspecified atom stereocenters. The van der Waals surface area contributed by atoms with Crippen molar-refractivity contribution in [2.45, 2.75) is 31.1 Å². The number of hydrogen-bond donors (Lipinski definition) is 1. The van der Waals surface area contributed by atoms with Crippen molar-refractivity contribution in [3.8, 4) is 0 Å². The molecule has 0 radical (unpaired) electrons. The molecule has 100 valence electrons. The summed E-state index contributed by atoms with van der Waals surface area (Å²) >= 11 is 0. The van der Waals surface area contributed by atoms with Gasteiger partial charge >= 0.3 is 18.9 Å². The summed E-state index contributed by atoms with van der Waals surface area (Å²) in [6.45, 7) is 0. The van der Waals surface area contributed by atoms with Gasteiger partial charge in [0.25, 0.3) is 16.5 Å². The molecular weight excluding hydrogens is 273 g/mol. The predicted molar refractivity (Wildman–Crippen MR) is 43.1 cm³/mol. The molecule has 0 aromatic carbocycles. The number of rotatable bonds is 6. The van der Waals surface area contributed by atoms with Crippen LogP contribution in [0.5, 0.6) is 0 Å². The molecule has 3 nitrogen and oxygen atoms in total. The predicted octanol–water partition coefficient (Wildman–Crippen LogP) is -1.39. The van der Waals surface area contributed by atoms with E-state index in [1.807, 2.05) is 0 Å². The first-order valence-electron chi connectivity index (χ1n) is 3.86. The third-order valence-electron chi connectivity index (χ3n) is 1.56. The van der Waals surface area contributed by atoms with Crippen LogP contribution in [0, 0.1) is 0 Å². The first-order chi connectivity index (χ1) is 7.06. The van der Waals surface area contributed by atoms with Crippen molar-refractivity contribution >= 4 is 10.1 Å². The second-order valence-corrected chi connectivity index (χ2v) is 4.43. The van der Waals surface area contributed by atoms with E-state index in [0.717, 1.165) is 0 Å². The summed E-state index contributed by atoms with van der Waals surface area (Å²) < 4.78 is 101. The molecule has 0 heterocycles. The second-order valence-electron chi connectivity index (χ2n) is 2.93. The fraction of sp³-hybridized carbons (Fsp3) is 1.00. The second kappa shape index (κ2) is 7.51. The fourth-order valence-electron chi connectivity index (χ4n) is 0.807. The average molecular weight is 282 g/mol. The van der Waals surface area contributed by atoms with Gasteiger partial charge in [-0.1, -0.05) is 0 Å². The van der Waals surface area contributed by atoms with Crippen molar-refractivity contribution in [1.82, 2.24) is 0 Å². The van der Waals surface area contributed by atoms with Crippen LogP contribution >= 0.6 is 0 Å². The molecule has 0 amide bonds. The van der Waals surface area contributed by atoms with E-state index in [-0.39, 0.29) is 20.3 Å². The summed E-state index contributed by atoms with van der Waals surface area (Å²) in [5.74, 6) is -1.83. The zero-order valence-corrected chi connectivity index (χ0v) is 9.35. The Bertz CT molecular complexity index is 318. The van der Waals surface area contributed by atoms with E-state index in [1.54, 1.807) is 0 Å². The topological polar surface area (TPSA) is 54.4 Å². The molecule has 0 aliphatic rings. The van der Waals surface area contributed by atoms with Crippen LogP contribution in [0.25, 0.3) is 0 Å². The van der Waals surface area contributed by atoms with Crippen LogP contribution in [0.2, 0.25) is 0 Å². The van der Waals surface area contributed by atoms with E-state index >= 15 is 0 Å². The van der Waals surface area contributed by atoms with Crippen LogP contribution < -0.4 is 18.9 Å². The Kier molecular flexibility index (Phi) is 8.58. The molecule has 0 aromatic heterocycles. The first kappa shape index (κ1) is 19.4. The molecule has 0 aliphatic heterocycles. The normalized spacial score (nSPS) is 19.3. The number of halogens is 6. The third-order valence-corrected chi connectivity index (χ3v) is 2.30. The summed E-state index contributed by atoms with van der Waals surface area (Å²) in [6, 6.07) is 0. The molecule has 0 fully saturated rings. The Morgan fingerprint density at radius 1 is 0.941 bits per heavy atom. The molecule has 0 aliphatic carbocycles. The SMILES string of the molecule is O=S(=O)(O)CC(F)C(F)C(F)C(F)C(F)F.[H-].[Li+]. The van der Waals surface area contributed by atoms with Gasteiger partial charge in [-0.15, -0.1) is 0 Å². The van der Waals surface area contributed by atoms with E-state index in [4.69, 9.17) is 4.55 Å². The van der Waals surface area contributed by atoms with Gasteiger partial charge in [0.05, 0.1) is 0 Å². The zero-order valence-electron chi connectivity index (χ0n) is 9.53. The largest absolute Gasteiger partial charge is 1.00 e. The van der Waals surface area contributed by atoms with Gasteiger partial charge in [0, 0.05) is 0 Å². The van der Waals surface area contributed by atoms with E-state index in [1.165, 1.54) is 0 Å². The Morgan fingerprint density at radius 3 is 1.65 bits per heavy atom. The van der Waals surface area contributed by atoms with Crippen LogP contribution in [-0.4, -0.2) is 49.8 Å². The molecule has 17 heavy (non-hydrogen) atoms.